The predicted molar refractivity (Wildman–Crippen MR) is 142 cm³/mol. The Bertz CT molecular complexity index is 1220. The number of hydrogen-bond donors (Lipinski definition) is 1. The molecule has 9 heteroatoms. The first-order chi connectivity index (χ1) is 16.2. The molecule has 0 spiro atoms. The Balaban J connectivity index is 1.78. The number of likely N-dealkylation sites (N-methyl/N-ethyl adjacent to an activating group) is 1. The minimum Gasteiger partial charge on any atom is -0.383 e. The SMILES string of the molecule is CCN(C(=O)c1ccc(NS(=O)(=O)c2cc(Br)ccc2Br)cc1)C(COC)Cc1ccccc1. The second-order valence-electron chi connectivity index (χ2n) is 7.65. The fourth-order valence-corrected chi connectivity index (χ4v) is 6.21. The van der Waals surface area contributed by atoms with Crippen LogP contribution in [0.5, 0.6) is 0 Å². The number of methoxy groups -OCH3 is 1. The number of hydrogen-bond acceptors (Lipinski definition) is 4. The highest BCUT2D eigenvalue weighted by Gasteiger charge is 2.24. The fourth-order valence-electron chi connectivity index (χ4n) is 3.65. The van der Waals surface area contributed by atoms with Crippen LogP contribution in [0.1, 0.15) is 22.8 Å². The zero-order chi connectivity index (χ0) is 24.7. The molecule has 180 valence electrons. The van der Waals surface area contributed by atoms with Crippen molar-refractivity contribution >= 4 is 53.5 Å². The number of rotatable bonds is 10. The van der Waals surface area contributed by atoms with Gasteiger partial charge in [0, 0.05) is 33.9 Å². The molecule has 3 aromatic carbocycles. The number of ether oxygens (including phenoxy) is 1. The van der Waals surface area contributed by atoms with Crippen molar-refractivity contribution in [2.24, 2.45) is 0 Å². The van der Waals surface area contributed by atoms with Crippen molar-refractivity contribution in [1.82, 2.24) is 4.90 Å². The van der Waals surface area contributed by atoms with E-state index in [0.29, 0.717) is 39.8 Å². The van der Waals surface area contributed by atoms with Crippen LogP contribution in [0.25, 0.3) is 0 Å². The first-order valence-corrected chi connectivity index (χ1v) is 13.7. The van der Waals surface area contributed by atoms with Crippen molar-refractivity contribution < 1.29 is 17.9 Å². The number of sulfonamides is 1. The Morgan fingerprint density at radius 1 is 1.03 bits per heavy atom. The lowest BCUT2D eigenvalue weighted by Gasteiger charge is -2.31. The third kappa shape index (κ3) is 6.69. The van der Waals surface area contributed by atoms with Crippen LogP contribution in [-0.2, 0) is 21.2 Å². The number of amides is 1. The highest BCUT2D eigenvalue weighted by Crippen LogP contribution is 2.27. The summed E-state index contributed by atoms with van der Waals surface area (Å²) in [6.45, 7) is 2.86. The van der Waals surface area contributed by atoms with E-state index in [1.54, 1.807) is 48.4 Å². The Morgan fingerprint density at radius 2 is 1.71 bits per heavy atom. The molecule has 0 aliphatic carbocycles. The van der Waals surface area contributed by atoms with E-state index in [-0.39, 0.29) is 16.8 Å². The van der Waals surface area contributed by atoms with Crippen LogP contribution >= 0.6 is 31.9 Å². The molecule has 1 N–H and O–H groups in total. The van der Waals surface area contributed by atoms with Crippen molar-refractivity contribution in [3.05, 3.63) is 92.9 Å². The minimum atomic E-state index is -3.81. The van der Waals surface area contributed by atoms with Crippen molar-refractivity contribution in [3.8, 4) is 0 Å². The van der Waals surface area contributed by atoms with Crippen molar-refractivity contribution in [1.29, 1.82) is 0 Å². The van der Waals surface area contributed by atoms with E-state index in [2.05, 4.69) is 36.6 Å². The van der Waals surface area contributed by atoms with Crippen LogP contribution in [-0.4, -0.2) is 45.5 Å². The minimum absolute atomic E-state index is 0.113. The quantitative estimate of drug-likeness (QED) is 0.318. The van der Waals surface area contributed by atoms with Gasteiger partial charge in [0.05, 0.1) is 12.6 Å². The molecular formula is C25H26Br2N2O4S. The third-order valence-electron chi connectivity index (χ3n) is 5.28. The van der Waals surface area contributed by atoms with E-state index in [9.17, 15) is 13.2 Å². The lowest BCUT2D eigenvalue weighted by Crippen LogP contribution is -2.44. The molecule has 0 aromatic heterocycles. The maximum Gasteiger partial charge on any atom is 0.263 e. The number of carbonyl (C=O) groups is 1. The van der Waals surface area contributed by atoms with Crippen LogP contribution in [0.3, 0.4) is 0 Å². The van der Waals surface area contributed by atoms with Crippen LogP contribution in [0.4, 0.5) is 5.69 Å². The molecule has 0 heterocycles. The molecular weight excluding hydrogens is 584 g/mol. The van der Waals surface area contributed by atoms with E-state index < -0.39 is 10.0 Å². The molecule has 0 saturated heterocycles. The molecule has 3 rings (SSSR count). The normalized spacial score (nSPS) is 12.2. The highest BCUT2D eigenvalue weighted by molar-refractivity contribution is 9.11. The number of benzene rings is 3. The second-order valence-corrected chi connectivity index (χ2v) is 11.1. The van der Waals surface area contributed by atoms with Gasteiger partial charge in [0.2, 0.25) is 0 Å². The van der Waals surface area contributed by atoms with E-state index in [1.807, 2.05) is 37.3 Å². The monoisotopic (exact) mass is 608 g/mol. The van der Waals surface area contributed by atoms with Gasteiger partial charge in [-0.15, -0.1) is 0 Å². The Hall–Kier alpha value is -2.20. The third-order valence-corrected chi connectivity index (χ3v) is 8.15. The second kappa shape index (κ2) is 12.0. The van der Waals surface area contributed by atoms with E-state index >= 15 is 0 Å². The van der Waals surface area contributed by atoms with Gasteiger partial charge < -0.3 is 9.64 Å². The van der Waals surface area contributed by atoms with Crippen molar-refractivity contribution in [3.63, 3.8) is 0 Å². The van der Waals surface area contributed by atoms with Gasteiger partial charge in [-0.05, 0) is 77.3 Å². The maximum absolute atomic E-state index is 13.3. The summed E-state index contributed by atoms with van der Waals surface area (Å²) in [5, 5.41) is 0. The molecule has 0 aliphatic heterocycles. The lowest BCUT2D eigenvalue weighted by molar-refractivity contribution is 0.0547. The first-order valence-electron chi connectivity index (χ1n) is 10.7. The highest BCUT2D eigenvalue weighted by atomic mass is 79.9. The Kier molecular flexibility index (Phi) is 9.30. The van der Waals surface area contributed by atoms with Gasteiger partial charge in [0.1, 0.15) is 4.90 Å². The van der Waals surface area contributed by atoms with Gasteiger partial charge in [-0.2, -0.15) is 0 Å². The Morgan fingerprint density at radius 3 is 2.32 bits per heavy atom. The zero-order valence-electron chi connectivity index (χ0n) is 18.9. The van der Waals surface area contributed by atoms with Gasteiger partial charge in [0.25, 0.3) is 15.9 Å². The van der Waals surface area contributed by atoms with E-state index in [4.69, 9.17) is 4.74 Å². The average Bonchev–Trinajstić information content (AvgIpc) is 2.82. The smallest absolute Gasteiger partial charge is 0.263 e. The predicted octanol–water partition coefficient (Wildman–Crippen LogP) is 5.73. The number of anilines is 1. The summed E-state index contributed by atoms with van der Waals surface area (Å²) < 4.78 is 34.7. The zero-order valence-corrected chi connectivity index (χ0v) is 22.9. The van der Waals surface area contributed by atoms with Gasteiger partial charge in [-0.1, -0.05) is 46.3 Å². The number of halogens is 2. The standard InChI is InChI=1S/C25H26Br2N2O4S/c1-3-29(22(17-33-2)15-18-7-5-4-6-8-18)25(30)19-9-12-21(13-10-19)28-34(31,32)24-16-20(26)11-14-23(24)27/h4-14,16,22,28H,3,15,17H2,1-2H3. The van der Waals surface area contributed by atoms with Gasteiger partial charge >= 0.3 is 0 Å². The van der Waals surface area contributed by atoms with Crippen LogP contribution in [0.15, 0.2) is 86.6 Å². The molecule has 0 fully saturated rings. The average molecular weight is 610 g/mol. The van der Waals surface area contributed by atoms with Crippen molar-refractivity contribution in [2.75, 3.05) is 25.0 Å². The summed E-state index contributed by atoms with van der Waals surface area (Å²) in [4.78, 5) is 15.2. The first kappa shape index (κ1) is 26.4. The summed E-state index contributed by atoms with van der Waals surface area (Å²) >= 11 is 6.58. The number of nitrogens with one attached hydrogen (secondary N) is 1. The number of nitrogens with zero attached hydrogens (tertiary/aromatic N) is 1. The van der Waals surface area contributed by atoms with Gasteiger partial charge in [-0.3, -0.25) is 9.52 Å². The maximum atomic E-state index is 13.3. The summed E-state index contributed by atoms with van der Waals surface area (Å²) in [5.74, 6) is -0.135. The summed E-state index contributed by atoms with van der Waals surface area (Å²) in [7, 11) is -2.19. The molecule has 0 saturated carbocycles. The number of carbonyl (C=O) groups excluding carboxylic acids is 1. The summed E-state index contributed by atoms with van der Waals surface area (Å²) in [6.07, 6.45) is 0.674. The van der Waals surface area contributed by atoms with E-state index in [1.165, 1.54) is 6.07 Å². The van der Waals surface area contributed by atoms with Crippen LogP contribution < -0.4 is 4.72 Å². The van der Waals surface area contributed by atoms with E-state index in [0.717, 1.165) is 5.56 Å². The van der Waals surface area contributed by atoms with Crippen LogP contribution in [0.2, 0.25) is 0 Å². The molecule has 1 atom stereocenters. The molecule has 1 unspecified atom stereocenters. The fraction of sp³-hybridized carbons (Fsp3) is 0.240. The molecule has 1 amide bonds. The summed E-state index contributed by atoms with van der Waals surface area (Å²) in [5.41, 5.74) is 1.96. The molecule has 34 heavy (non-hydrogen) atoms. The molecule has 0 aliphatic rings. The summed E-state index contributed by atoms with van der Waals surface area (Å²) in [6, 6.07) is 21.2. The molecule has 0 radical (unpaired) electrons. The topological polar surface area (TPSA) is 75.7 Å². The molecule has 3 aromatic rings. The van der Waals surface area contributed by atoms with Crippen LogP contribution in [0, 0.1) is 0 Å². The Labute approximate surface area is 217 Å². The lowest BCUT2D eigenvalue weighted by atomic mass is 10.0. The largest absolute Gasteiger partial charge is 0.383 e. The molecule has 0 bridgehead atoms. The van der Waals surface area contributed by atoms with Gasteiger partial charge in [-0.25, -0.2) is 8.42 Å². The van der Waals surface area contributed by atoms with Gasteiger partial charge in [0.15, 0.2) is 0 Å². The van der Waals surface area contributed by atoms with Crippen molar-refractivity contribution in [2.45, 2.75) is 24.3 Å². The molecule has 6 nitrogen and oxygen atoms in total.